The van der Waals surface area contributed by atoms with Gasteiger partial charge in [-0.2, -0.15) is 0 Å². The fraction of sp³-hybridized carbons (Fsp3) is 0. The van der Waals surface area contributed by atoms with Gasteiger partial charge in [0.1, 0.15) is 6.39 Å². The van der Waals surface area contributed by atoms with Crippen LogP contribution in [-0.4, -0.2) is 9.97 Å². The van der Waals surface area contributed by atoms with Crippen molar-refractivity contribution in [2.45, 2.75) is 0 Å². The predicted octanol–water partition coefficient (Wildman–Crippen LogP) is -1.46. The van der Waals surface area contributed by atoms with Gasteiger partial charge in [-0.3, -0.25) is 4.98 Å². The van der Waals surface area contributed by atoms with Crippen LogP contribution in [0.3, 0.4) is 0 Å². The van der Waals surface area contributed by atoms with E-state index in [0.717, 1.165) is 5.56 Å². The molecule has 2 rings (SSSR count). The first-order valence-corrected chi connectivity index (χ1v) is 3.19. The van der Waals surface area contributed by atoms with Crippen molar-refractivity contribution in [1.29, 1.82) is 0 Å². The van der Waals surface area contributed by atoms with Gasteiger partial charge in [0, 0.05) is 12.4 Å². The number of oxazole rings is 1. The fourth-order valence-corrected chi connectivity index (χ4v) is 0.836. The van der Waals surface area contributed by atoms with Crippen LogP contribution in [0.2, 0.25) is 0 Å². The number of hydrogen-bond donors (Lipinski definition) is 0. The summed E-state index contributed by atoms with van der Waals surface area (Å²) in [5.41, 5.74) is 0.966. The zero-order valence-corrected chi connectivity index (χ0v) is 6.69. The SMILES string of the molecule is [Li+].[c-]1ncc(-c2ccncc2)o1. The van der Waals surface area contributed by atoms with E-state index in [9.17, 15) is 0 Å². The first-order chi connectivity index (χ1) is 5.47. The Morgan fingerprint density at radius 2 is 2.00 bits per heavy atom. The zero-order chi connectivity index (χ0) is 7.52. The fourth-order valence-electron chi connectivity index (χ4n) is 0.836. The monoisotopic (exact) mass is 152 g/mol. The van der Waals surface area contributed by atoms with Gasteiger partial charge in [-0.05, 0) is 23.5 Å². The van der Waals surface area contributed by atoms with Crippen molar-refractivity contribution in [2.75, 3.05) is 0 Å². The Labute approximate surface area is 82.0 Å². The van der Waals surface area contributed by atoms with Crippen molar-refractivity contribution < 1.29 is 23.3 Å². The second kappa shape index (κ2) is 4.10. The minimum atomic E-state index is 0. The van der Waals surface area contributed by atoms with Crippen molar-refractivity contribution in [3.8, 4) is 11.3 Å². The van der Waals surface area contributed by atoms with Crippen LogP contribution in [0.4, 0.5) is 0 Å². The molecular formula is C8H5LiN2O. The van der Waals surface area contributed by atoms with Crippen molar-refractivity contribution in [1.82, 2.24) is 9.97 Å². The molecule has 0 aromatic carbocycles. The second-order valence-electron chi connectivity index (χ2n) is 2.05. The molecule has 0 saturated heterocycles. The van der Waals surface area contributed by atoms with Crippen LogP contribution in [0.25, 0.3) is 11.3 Å². The largest absolute Gasteiger partial charge is 1.00 e. The number of hydrogen-bond acceptors (Lipinski definition) is 3. The molecule has 0 unspecified atom stereocenters. The zero-order valence-electron chi connectivity index (χ0n) is 6.69. The smallest absolute Gasteiger partial charge is 0.573 e. The summed E-state index contributed by atoms with van der Waals surface area (Å²) in [5, 5.41) is 0. The Balaban J connectivity index is 0.000000720. The molecule has 0 saturated carbocycles. The van der Waals surface area contributed by atoms with Gasteiger partial charge in [-0.25, -0.2) is 0 Å². The quantitative estimate of drug-likeness (QED) is 0.370. The van der Waals surface area contributed by atoms with E-state index in [4.69, 9.17) is 4.42 Å². The minimum absolute atomic E-state index is 0. The van der Waals surface area contributed by atoms with E-state index in [0.29, 0.717) is 5.76 Å². The van der Waals surface area contributed by atoms with Gasteiger partial charge in [0.15, 0.2) is 0 Å². The summed E-state index contributed by atoms with van der Waals surface area (Å²) in [7, 11) is 0. The van der Waals surface area contributed by atoms with Crippen LogP contribution in [0.1, 0.15) is 0 Å². The third-order valence-corrected chi connectivity index (χ3v) is 1.35. The summed E-state index contributed by atoms with van der Waals surface area (Å²) in [6.07, 6.45) is 7.42. The molecule has 0 aliphatic heterocycles. The van der Waals surface area contributed by atoms with Crippen molar-refractivity contribution in [3.05, 3.63) is 37.1 Å². The van der Waals surface area contributed by atoms with Crippen molar-refractivity contribution in [2.24, 2.45) is 0 Å². The average Bonchev–Trinajstić information content (AvgIpc) is 2.58. The van der Waals surface area contributed by atoms with Crippen LogP contribution >= 0.6 is 0 Å². The molecule has 0 spiro atoms. The molecule has 0 bridgehead atoms. The Morgan fingerprint density at radius 3 is 2.58 bits per heavy atom. The van der Waals surface area contributed by atoms with E-state index in [1.54, 1.807) is 18.6 Å². The van der Waals surface area contributed by atoms with Crippen LogP contribution < -0.4 is 18.9 Å². The molecule has 3 nitrogen and oxygen atoms in total. The maximum Gasteiger partial charge on any atom is 1.00 e. The topological polar surface area (TPSA) is 38.9 Å². The van der Waals surface area contributed by atoms with Gasteiger partial charge in [0.25, 0.3) is 0 Å². The molecule has 2 aromatic heterocycles. The maximum absolute atomic E-state index is 4.96. The average molecular weight is 152 g/mol. The van der Waals surface area contributed by atoms with E-state index in [1.807, 2.05) is 12.1 Å². The molecule has 54 valence electrons. The number of pyridine rings is 1. The maximum atomic E-state index is 4.96. The second-order valence-corrected chi connectivity index (χ2v) is 2.05. The van der Waals surface area contributed by atoms with Crippen LogP contribution in [-0.2, 0) is 0 Å². The predicted molar refractivity (Wildman–Crippen MR) is 38.6 cm³/mol. The number of nitrogens with zero attached hydrogens (tertiary/aromatic N) is 2. The van der Waals surface area contributed by atoms with E-state index in [2.05, 4.69) is 16.4 Å². The van der Waals surface area contributed by atoms with E-state index in [1.165, 1.54) is 0 Å². The molecule has 4 heteroatoms. The molecule has 0 amide bonds. The van der Waals surface area contributed by atoms with Crippen LogP contribution in [0.5, 0.6) is 0 Å². The molecule has 0 N–H and O–H groups in total. The standard InChI is InChI=1S/C8H5N2O.Li/c1-3-9-4-2-7(1)8-5-10-6-11-8;/h1-5H;/q-1;+1. The Hall–Kier alpha value is -1.04. The van der Waals surface area contributed by atoms with E-state index in [-0.39, 0.29) is 18.9 Å². The van der Waals surface area contributed by atoms with Gasteiger partial charge in [0.2, 0.25) is 0 Å². The summed E-state index contributed by atoms with van der Waals surface area (Å²) in [6.45, 7) is 0. The first kappa shape index (κ1) is 9.05. The Bertz CT molecular complexity index is 320. The third kappa shape index (κ3) is 1.76. The van der Waals surface area contributed by atoms with Gasteiger partial charge in [0.05, 0.1) is 0 Å². The number of rotatable bonds is 1. The third-order valence-electron chi connectivity index (χ3n) is 1.35. The molecule has 0 radical (unpaired) electrons. The summed E-state index contributed by atoms with van der Waals surface area (Å²) in [6, 6.07) is 3.71. The summed E-state index contributed by atoms with van der Waals surface area (Å²) in [4.78, 5) is 7.57. The minimum Gasteiger partial charge on any atom is -0.573 e. The van der Waals surface area contributed by atoms with Gasteiger partial charge in [-0.15, -0.1) is 0 Å². The molecular weight excluding hydrogens is 147 g/mol. The summed E-state index contributed by atoms with van der Waals surface area (Å²) >= 11 is 0. The normalized spacial score (nSPS) is 9.00. The molecule has 2 aromatic rings. The molecule has 2 heterocycles. The van der Waals surface area contributed by atoms with Gasteiger partial charge < -0.3 is 9.40 Å². The van der Waals surface area contributed by atoms with Crippen molar-refractivity contribution >= 4 is 0 Å². The number of aromatic nitrogens is 2. The summed E-state index contributed by atoms with van der Waals surface area (Å²) in [5.74, 6) is 0.715. The van der Waals surface area contributed by atoms with E-state index >= 15 is 0 Å². The Morgan fingerprint density at radius 1 is 1.25 bits per heavy atom. The molecule has 12 heavy (non-hydrogen) atoms. The first-order valence-electron chi connectivity index (χ1n) is 3.19. The molecule has 0 atom stereocenters. The van der Waals surface area contributed by atoms with Crippen molar-refractivity contribution in [3.63, 3.8) is 0 Å². The van der Waals surface area contributed by atoms with Gasteiger partial charge in [-0.1, -0.05) is 6.20 Å². The van der Waals surface area contributed by atoms with Gasteiger partial charge >= 0.3 is 18.9 Å². The summed E-state index contributed by atoms with van der Waals surface area (Å²) < 4.78 is 4.96. The Kier molecular flexibility index (Phi) is 3.09. The van der Waals surface area contributed by atoms with Crippen LogP contribution in [0.15, 0.2) is 35.1 Å². The molecule has 0 fully saturated rings. The molecule has 0 aliphatic carbocycles. The molecule has 0 aliphatic rings. The van der Waals surface area contributed by atoms with Crippen LogP contribution in [0, 0.1) is 6.39 Å². The van der Waals surface area contributed by atoms with E-state index < -0.39 is 0 Å².